The lowest BCUT2D eigenvalue weighted by molar-refractivity contribution is 0.0995. The van der Waals surface area contributed by atoms with Gasteiger partial charge in [-0.05, 0) is 23.9 Å². The van der Waals surface area contributed by atoms with Gasteiger partial charge in [0.25, 0.3) is 0 Å². The van der Waals surface area contributed by atoms with E-state index in [1.54, 1.807) is 4.42 Å². The van der Waals surface area contributed by atoms with Crippen molar-refractivity contribution in [3.8, 4) is 0 Å². The number of rotatable bonds is 3. The molecule has 0 N–H and O–H groups in total. The van der Waals surface area contributed by atoms with Gasteiger partial charge in [-0.3, -0.25) is 4.79 Å². The van der Waals surface area contributed by atoms with Crippen molar-refractivity contribution in [2.45, 2.75) is 6.29 Å². The van der Waals surface area contributed by atoms with Crippen LogP contribution in [-0.4, -0.2) is 36.1 Å². The SMILES string of the molecule is O=C(CN1c2ccccc2N2CCN(Cl)C21)c1ccccc1. The van der Waals surface area contributed by atoms with E-state index in [9.17, 15) is 4.79 Å². The maximum atomic E-state index is 12.6. The molecule has 4 rings (SSSR count). The van der Waals surface area contributed by atoms with Crippen molar-refractivity contribution >= 4 is 28.9 Å². The molecule has 2 aromatic rings. The monoisotopic (exact) mass is 313 g/mol. The third kappa shape index (κ3) is 2.07. The Labute approximate surface area is 134 Å². The van der Waals surface area contributed by atoms with E-state index < -0.39 is 0 Å². The highest BCUT2D eigenvalue weighted by atomic mass is 35.5. The van der Waals surface area contributed by atoms with Crippen LogP contribution in [0, 0.1) is 0 Å². The molecule has 0 radical (unpaired) electrons. The zero-order valence-corrected chi connectivity index (χ0v) is 12.8. The molecule has 0 saturated carbocycles. The number of Topliss-reactive ketones (excluding diaryl/α,β-unsaturated/α-hetero) is 1. The second-order valence-electron chi connectivity index (χ2n) is 5.57. The average molecular weight is 314 g/mol. The Morgan fingerprint density at radius 1 is 1.00 bits per heavy atom. The number of hydrogen-bond donors (Lipinski definition) is 0. The zero-order chi connectivity index (χ0) is 15.1. The van der Waals surface area contributed by atoms with Crippen molar-refractivity contribution in [1.82, 2.24) is 4.42 Å². The predicted molar refractivity (Wildman–Crippen MR) is 88.3 cm³/mol. The molecule has 1 fully saturated rings. The fourth-order valence-corrected chi connectivity index (χ4v) is 3.55. The molecule has 0 bridgehead atoms. The number of halogens is 1. The van der Waals surface area contributed by atoms with Crippen LogP contribution in [0.3, 0.4) is 0 Å². The fourth-order valence-electron chi connectivity index (χ4n) is 3.26. The summed E-state index contributed by atoms with van der Waals surface area (Å²) in [5.74, 6) is 0.106. The van der Waals surface area contributed by atoms with Gasteiger partial charge in [0.05, 0.1) is 17.9 Å². The smallest absolute Gasteiger partial charge is 0.182 e. The van der Waals surface area contributed by atoms with Crippen molar-refractivity contribution in [3.05, 3.63) is 60.2 Å². The van der Waals surface area contributed by atoms with Crippen LogP contribution < -0.4 is 9.80 Å². The van der Waals surface area contributed by atoms with E-state index >= 15 is 0 Å². The highest BCUT2D eigenvalue weighted by Crippen LogP contribution is 2.43. The van der Waals surface area contributed by atoms with Gasteiger partial charge in [-0.25, -0.2) is 0 Å². The minimum Gasteiger partial charge on any atom is -0.335 e. The van der Waals surface area contributed by atoms with Crippen LogP contribution in [0.2, 0.25) is 0 Å². The molecule has 2 aliphatic rings. The topological polar surface area (TPSA) is 26.8 Å². The van der Waals surface area contributed by atoms with Gasteiger partial charge in [-0.1, -0.05) is 42.5 Å². The first kappa shape index (κ1) is 13.6. The standard InChI is InChI=1S/C17H16ClN3O/c18-21-11-10-19-14-8-4-5-9-15(14)20(17(19)21)12-16(22)13-6-2-1-3-7-13/h1-9,17H,10-12H2. The van der Waals surface area contributed by atoms with Crippen molar-refractivity contribution < 1.29 is 4.79 Å². The Morgan fingerprint density at radius 3 is 2.45 bits per heavy atom. The summed E-state index contributed by atoms with van der Waals surface area (Å²) in [5, 5.41) is 0. The van der Waals surface area contributed by atoms with E-state index in [-0.39, 0.29) is 12.1 Å². The molecule has 4 nitrogen and oxygen atoms in total. The molecule has 22 heavy (non-hydrogen) atoms. The molecular weight excluding hydrogens is 298 g/mol. The number of nitrogens with zero attached hydrogens (tertiary/aromatic N) is 3. The zero-order valence-electron chi connectivity index (χ0n) is 12.0. The van der Waals surface area contributed by atoms with Crippen LogP contribution in [-0.2, 0) is 0 Å². The molecule has 2 aromatic carbocycles. The number of fused-ring (bicyclic) bond motifs is 3. The quantitative estimate of drug-likeness (QED) is 0.643. The van der Waals surface area contributed by atoms with Crippen molar-refractivity contribution in [2.75, 3.05) is 29.4 Å². The first-order chi connectivity index (χ1) is 10.8. The lowest BCUT2D eigenvalue weighted by Gasteiger charge is -2.29. The Balaban J connectivity index is 1.67. The first-order valence-electron chi connectivity index (χ1n) is 7.39. The molecule has 112 valence electrons. The van der Waals surface area contributed by atoms with Crippen molar-refractivity contribution in [2.24, 2.45) is 0 Å². The molecule has 1 unspecified atom stereocenters. The van der Waals surface area contributed by atoms with Crippen molar-refractivity contribution in [3.63, 3.8) is 0 Å². The highest BCUT2D eigenvalue weighted by molar-refractivity contribution is 6.14. The molecule has 0 amide bonds. The summed E-state index contributed by atoms with van der Waals surface area (Å²) >= 11 is 6.37. The molecule has 1 saturated heterocycles. The second-order valence-corrected chi connectivity index (χ2v) is 6.00. The lowest BCUT2D eigenvalue weighted by atomic mass is 10.1. The molecule has 5 heteroatoms. The van der Waals surface area contributed by atoms with Crippen LogP contribution in [0.15, 0.2) is 54.6 Å². The lowest BCUT2D eigenvalue weighted by Crippen LogP contribution is -2.47. The largest absolute Gasteiger partial charge is 0.335 e. The van der Waals surface area contributed by atoms with Crippen LogP contribution in [0.4, 0.5) is 11.4 Å². The van der Waals surface area contributed by atoms with Crippen LogP contribution in [0.25, 0.3) is 0 Å². The van der Waals surface area contributed by atoms with Crippen LogP contribution in [0.5, 0.6) is 0 Å². The number of carbonyl (C=O) groups is 1. The minimum atomic E-state index is -0.0771. The first-order valence-corrected chi connectivity index (χ1v) is 7.72. The summed E-state index contributed by atoms with van der Waals surface area (Å²) < 4.78 is 1.78. The number of hydrogen-bond acceptors (Lipinski definition) is 4. The number of anilines is 2. The van der Waals surface area contributed by atoms with Crippen LogP contribution in [0.1, 0.15) is 10.4 Å². The summed E-state index contributed by atoms with van der Waals surface area (Å²) in [6.45, 7) is 1.99. The summed E-state index contributed by atoms with van der Waals surface area (Å²) in [6.07, 6.45) is -0.0771. The molecule has 2 aliphatic heterocycles. The van der Waals surface area contributed by atoms with Crippen LogP contribution >= 0.6 is 11.8 Å². The van der Waals surface area contributed by atoms with Gasteiger partial charge in [0.2, 0.25) is 0 Å². The Hall–Kier alpha value is -2.04. The summed E-state index contributed by atoms with van der Waals surface area (Å²) in [4.78, 5) is 16.9. The van der Waals surface area contributed by atoms with E-state index in [1.807, 2.05) is 42.5 Å². The predicted octanol–water partition coefficient (Wildman–Crippen LogP) is 2.95. The molecule has 1 atom stereocenters. The third-order valence-corrected chi connectivity index (χ3v) is 4.62. The Bertz CT molecular complexity index is 706. The second kappa shape index (κ2) is 5.30. The number of benzene rings is 2. The minimum absolute atomic E-state index is 0.0771. The fraction of sp³-hybridized carbons (Fsp3) is 0.235. The van der Waals surface area contributed by atoms with Gasteiger partial charge in [0.1, 0.15) is 0 Å². The maximum absolute atomic E-state index is 12.6. The third-order valence-electron chi connectivity index (χ3n) is 4.27. The highest BCUT2D eigenvalue weighted by Gasteiger charge is 2.43. The van der Waals surface area contributed by atoms with E-state index in [4.69, 9.17) is 11.8 Å². The van der Waals surface area contributed by atoms with E-state index in [1.165, 1.54) is 0 Å². The molecule has 2 heterocycles. The number of carbonyl (C=O) groups excluding carboxylic acids is 1. The molecule has 0 spiro atoms. The van der Waals surface area contributed by atoms with Gasteiger partial charge in [-0.15, -0.1) is 0 Å². The number of para-hydroxylation sites is 2. The summed E-state index contributed by atoms with van der Waals surface area (Å²) in [5.41, 5.74) is 2.95. The van der Waals surface area contributed by atoms with Gasteiger partial charge >= 0.3 is 0 Å². The maximum Gasteiger partial charge on any atom is 0.182 e. The van der Waals surface area contributed by atoms with Crippen molar-refractivity contribution in [1.29, 1.82) is 0 Å². The molecule has 0 aromatic heterocycles. The van der Waals surface area contributed by atoms with E-state index in [0.717, 1.165) is 30.0 Å². The molecule has 0 aliphatic carbocycles. The normalized spacial score (nSPS) is 20.1. The van der Waals surface area contributed by atoms with E-state index in [2.05, 4.69) is 21.9 Å². The van der Waals surface area contributed by atoms with Gasteiger partial charge in [-0.2, -0.15) is 4.42 Å². The van der Waals surface area contributed by atoms with Gasteiger partial charge < -0.3 is 9.80 Å². The Morgan fingerprint density at radius 2 is 1.68 bits per heavy atom. The Kier molecular flexibility index (Phi) is 3.28. The van der Waals surface area contributed by atoms with Gasteiger partial charge in [0, 0.05) is 18.7 Å². The number of ketones is 1. The summed E-state index contributed by atoms with van der Waals surface area (Å²) in [6, 6.07) is 17.6. The summed E-state index contributed by atoms with van der Waals surface area (Å²) in [7, 11) is 0. The van der Waals surface area contributed by atoms with E-state index in [0.29, 0.717) is 6.54 Å². The van der Waals surface area contributed by atoms with Gasteiger partial charge in [0.15, 0.2) is 12.1 Å². The molecular formula is C17H16ClN3O. The average Bonchev–Trinajstić information content (AvgIpc) is 3.08.